The quantitative estimate of drug-likeness (QED) is 0.512. The molecule has 1 unspecified atom stereocenters. The maximum Gasteiger partial charge on any atom is 0.338 e. The number of esters is 2. The second-order valence-electron chi connectivity index (χ2n) is 8.51. The van der Waals surface area contributed by atoms with Crippen LogP contribution in [0, 0.1) is 0 Å². The van der Waals surface area contributed by atoms with Gasteiger partial charge in [0, 0.05) is 0 Å². The van der Waals surface area contributed by atoms with E-state index in [1.807, 2.05) is 18.2 Å². The molecule has 1 atom stereocenters. The van der Waals surface area contributed by atoms with E-state index in [0.29, 0.717) is 32.1 Å². The topological polar surface area (TPSA) is 87.0 Å². The van der Waals surface area contributed by atoms with Gasteiger partial charge in [-0.1, -0.05) is 61.6 Å². The van der Waals surface area contributed by atoms with Gasteiger partial charge in [-0.2, -0.15) is 0 Å². The van der Waals surface area contributed by atoms with E-state index in [1.165, 1.54) is 35.7 Å². The third-order valence-corrected chi connectivity index (χ3v) is 6.96. The van der Waals surface area contributed by atoms with Crippen molar-refractivity contribution in [3.63, 3.8) is 0 Å². The first-order chi connectivity index (χ1) is 16.7. The van der Waals surface area contributed by atoms with E-state index in [2.05, 4.69) is 31.0 Å². The Balaban J connectivity index is 1.88. The van der Waals surface area contributed by atoms with Gasteiger partial charge < -0.3 is 9.47 Å². The van der Waals surface area contributed by atoms with Gasteiger partial charge in [0.25, 0.3) is 5.56 Å². The minimum atomic E-state index is -0.740. The van der Waals surface area contributed by atoms with E-state index in [4.69, 9.17) is 9.47 Å². The van der Waals surface area contributed by atoms with Crippen molar-refractivity contribution < 1.29 is 19.1 Å². The minimum absolute atomic E-state index is 0.252. The molecule has 4 rings (SSSR count). The summed E-state index contributed by atoms with van der Waals surface area (Å²) in [6, 6.07) is 14.0. The molecule has 1 aromatic heterocycles. The lowest BCUT2D eigenvalue weighted by Crippen LogP contribution is -2.39. The van der Waals surface area contributed by atoms with Gasteiger partial charge in [-0.3, -0.25) is 9.36 Å². The number of benzene rings is 2. The first-order valence-corrected chi connectivity index (χ1v) is 12.0. The number of hydrogen-bond acceptors (Lipinski definition) is 7. The third kappa shape index (κ3) is 4.61. The smallest absolute Gasteiger partial charge is 0.338 e. The summed E-state index contributed by atoms with van der Waals surface area (Å²) < 4.78 is 11.8. The van der Waals surface area contributed by atoms with Crippen LogP contribution in [0.1, 0.15) is 59.8 Å². The molecule has 2 aromatic carbocycles. The Labute approximate surface area is 206 Å². The van der Waals surface area contributed by atoms with Gasteiger partial charge in [0.2, 0.25) is 0 Å². The monoisotopic (exact) mass is 490 g/mol. The molecule has 0 saturated carbocycles. The summed E-state index contributed by atoms with van der Waals surface area (Å²) in [5, 5.41) is 0. The fourth-order valence-corrected chi connectivity index (χ4v) is 5.10. The molecule has 2 heterocycles. The highest BCUT2D eigenvalue weighted by molar-refractivity contribution is 7.07. The zero-order valence-corrected chi connectivity index (χ0v) is 21.0. The molecule has 1 aliphatic rings. The van der Waals surface area contributed by atoms with Crippen molar-refractivity contribution in [2.45, 2.75) is 32.7 Å². The van der Waals surface area contributed by atoms with Crippen LogP contribution < -0.4 is 14.9 Å². The molecule has 0 spiro atoms. The number of methoxy groups -OCH3 is 2. The molecule has 7 nitrogen and oxygen atoms in total. The van der Waals surface area contributed by atoms with Crippen molar-refractivity contribution in [3.8, 4) is 0 Å². The van der Waals surface area contributed by atoms with Gasteiger partial charge in [-0.25, -0.2) is 14.6 Å². The number of carbonyl (C=O) groups excluding carboxylic acids is 2. The number of nitrogens with zero attached hydrogens (tertiary/aromatic N) is 2. The molecule has 180 valence electrons. The van der Waals surface area contributed by atoms with Gasteiger partial charge in [-0.15, -0.1) is 0 Å². The van der Waals surface area contributed by atoms with Crippen LogP contribution >= 0.6 is 11.3 Å². The Morgan fingerprint density at radius 3 is 2.20 bits per heavy atom. The van der Waals surface area contributed by atoms with Crippen LogP contribution in [0.15, 0.2) is 69.6 Å². The second kappa shape index (κ2) is 9.84. The number of aromatic nitrogens is 1. The Bertz CT molecular complexity index is 1490. The number of ether oxygens (including phenoxy) is 2. The number of allylic oxidation sites excluding steroid dienone is 1. The molecule has 0 fully saturated rings. The molecule has 0 N–H and O–H groups in total. The second-order valence-corrected chi connectivity index (χ2v) is 9.52. The lowest BCUT2D eigenvalue weighted by atomic mass is 9.95. The zero-order valence-electron chi connectivity index (χ0n) is 20.2. The lowest BCUT2D eigenvalue weighted by molar-refractivity contribution is -0.136. The minimum Gasteiger partial charge on any atom is -0.466 e. The molecule has 0 amide bonds. The molecular weight excluding hydrogens is 464 g/mol. The summed E-state index contributed by atoms with van der Waals surface area (Å²) in [7, 11) is 2.61. The van der Waals surface area contributed by atoms with Crippen molar-refractivity contribution >= 4 is 29.4 Å². The van der Waals surface area contributed by atoms with Gasteiger partial charge in [0.1, 0.15) is 0 Å². The number of fused-ring (bicyclic) bond motifs is 1. The van der Waals surface area contributed by atoms with E-state index >= 15 is 0 Å². The van der Waals surface area contributed by atoms with E-state index in [1.54, 1.807) is 31.2 Å². The number of hydrogen-bond donors (Lipinski definition) is 0. The third-order valence-electron chi connectivity index (χ3n) is 5.98. The highest BCUT2D eigenvalue weighted by atomic mass is 32.1. The van der Waals surface area contributed by atoms with Crippen LogP contribution in [0.5, 0.6) is 0 Å². The van der Waals surface area contributed by atoms with Crippen LogP contribution in [0.2, 0.25) is 0 Å². The van der Waals surface area contributed by atoms with Gasteiger partial charge in [-0.05, 0) is 47.7 Å². The first kappa shape index (κ1) is 24.3. The molecule has 8 heteroatoms. The lowest BCUT2D eigenvalue weighted by Gasteiger charge is -2.24. The molecule has 0 saturated heterocycles. The Morgan fingerprint density at radius 1 is 1.00 bits per heavy atom. The van der Waals surface area contributed by atoms with E-state index < -0.39 is 18.0 Å². The highest BCUT2D eigenvalue weighted by Gasteiger charge is 2.33. The van der Waals surface area contributed by atoms with Crippen LogP contribution in [-0.2, 0) is 14.3 Å². The molecule has 0 radical (unpaired) electrons. The average molecular weight is 491 g/mol. The predicted octanol–water partition coefficient (Wildman–Crippen LogP) is 3.32. The van der Waals surface area contributed by atoms with Gasteiger partial charge >= 0.3 is 11.9 Å². The van der Waals surface area contributed by atoms with E-state index in [-0.39, 0.29) is 11.1 Å². The summed E-state index contributed by atoms with van der Waals surface area (Å²) in [5.74, 6) is -0.615. The molecule has 0 aliphatic carbocycles. The van der Waals surface area contributed by atoms with Crippen LogP contribution in [0.3, 0.4) is 0 Å². The van der Waals surface area contributed by atoms with Crippen LogP contribution in [-0.4, -0.2) is 30.7 Å². The summed E-state index contributed by atoms with van der Waals surface area (Å²) in [6.45, 7) is 5.99. The van der Waals surface area contributed by atoms with Crippen molar-refractivity contribution in [1.82, 2.24) is 4.57 Å². The van der Waals surface area contributed by atoms with Gasteiger partial charge in [0.15, 0.2) is 4.80 Å². The van der Waals surface area contributed by atoms with Gasteiger partial charge in [0.05, 0.1) is 41.6 Å². The van der Waals surface area contributed by atoms with Crippen LogP contribution in [0.4, 0.5) is 0 Å². The normalized spacial score (nSPS) is 15.6. The van der Waals surface area contributed by atoms with E-state index in [0.717, 1.165) is 5.56 Å². The number of carbonyl (C=O) groups is 2. The largest absolute Gasteiger partial charge is 0.466 e. The fourth-order valence-electron chi connectivity index (χ4n) is 4.06. The van der Waals surface area contributed by atoms with Crippen LogP contribution in [0.25, 0.3) is 6.08 Å². The summed E-state index contributed by atoms with van der Waals surface area (Å²) in [4.78, 5) is 43.3. The highest BCUT2D eigenvalue weighted by Crippen LogP contribution is 2.30. The molecule has 3 aromatic rings. The van der Waals surface area contributed by atoms with Crippen molar-refractivity contribution in [2.75, 3.05) is 14.2 Å². The molecule has 35 heavy (non-hydrogen) atoms. The Hall–Kier alpha value is -3.78. The van der Waals surface area contributed by atoms with E-state index in [9.17, 15) is 14.4 Å². The molecule has 1 aliphatic heterocycles. The zero-order chi connectivity index (χ0) is 25.3. The summed E-state index contributed by atoms with van der Waals surface area (Å²) in [6.07, 6.45) is 1.84. The maximum absolute atomic E-state index is 13.6. The van der Waals surface area contributed by atoms with Crippen molar-refractivity contribution in [2.24, 2.45) is 4.99 Å². The maximum atomic E-state index is 13.6. The first-order valence-electron chi connectivity index (χ1n) is 11.1. The fraction of sp³-hybridized carbons (Fsp3) is 0.259. The van der Waals surface area contributed by atoms with Crippen molar-refractivity contribution in [1.29, 1.82) is 0 Å². The summed E-state index contributed by atoms with van der Waals surface area (Å²) in [5.41, 5.74) is 3.65. The SMILES string of the molecule is COC(=O)C1=C(C)N=c2sc(=Cc3ccc(C(C)C)cc3)c(=O)n2C1c1ccc(C(=O)OC)cc1. The van der Waals surface area contributed by atoms with Crippen molar-refractivity contribution in [3.05, 3.63) is 102 Å². The molecule has 0 bridgehead atoms. The average Bonchev–Trinajstić information content (AvgIpc) is 3.16. The Kier molecular flexibility index (Phi) is 6.84. The molecular formula is C27H26N2O5S. The standard InChI is InChI=1S/C27H26N2O5S/c1-15(2)18-8-6-17(7-9-18)14-21-24(30)29-23(19-10-12-20(13-11-19)25(31)33-4)22(26(32)34-5)16(3)28-27(29)35-21/h6-15,23H,1-5H3. The Morgan fingerprint density at radius 2 is 1.63 bits per heavy atom. The number of rotatable bonds is 5. The summed E-state index contributed by atoms with van der Waals surface area (Å²) >= 11 is 1.27. The number of thiazole rings is 1. The predicted molar refractivity (Wildman–Crippen MR) is 134 cm³/mol.